The zero-order valence-electron chi connectivity index (χ0n) is 17.8. The fourth-order valence-corrected chi connectivity index (χ4v) is 3.26. The summed E-state index contributed by atoms with van der Waals surface area (Å²) in [7, 11) is 1.45. The predicted molar refractivity (Wildman–Crippen MR) is 117 cm³/mol. The predicted octanol–water partition coefficient (Wildman–Crippen LogP) is 3.24. The van der Waals surface area contributed by atoms with Gasteiger partial charge in [0.05, 0.1) is 17.1 Å². The van der Waals surface area contributed by atoms with Gasteiger partial charge in [-0.05, 0) is 61.7 Å². The molecule has 0 bridgehead atoms. The Hall–Kier alpha value is -3.36. The Balaban J connectivity index is 1.85. The average Bonchev–Trinajstić information content (AvgIpc) is 3.17. The van der Waals surface area contributed by atoms with Crippen LogP contribution in [0.2, 0.25) is 0 Å². The van der Waals surface area contributed by atoms with Gasteiger partial charge in [0.15, 0.2) is 0 Å². The molecule has 1 heterocycles. The summed E-state index contributed by atoms with van der Waals surface area (Å²) in [6, 6.07) is 13.0. The first-order valence-electron chi connectivity index (χ1n) is 9.76. The number of rotatable bonds is 6. The molecule has 0 fully saturated rings. The normalized spacial score (nSPS) is 10.7. The Morgan fingerprint density at radius 1 is 1.17 bits per heavy atom. The van der Waals surface area contributed by atoms with Crippen LogP contribution in [0.1, 0.15) is 29.3 Å². The maximum absolute atomic E-state index is 12.3. The minimum atomic E-state index is -0.514. The van der Waals surface area contributed by atoms with Crippen molar-refractivity contribution in [3.8, 4) is 11.4 Å². The lowest BCUT2D eigenvalue weighted by Crippen LogP contribution is -2.49. The lowest BCUT2D eigenvalue weighted by molar-refractivity contribution is 0.216. The molecule has 30 heavy (non-hydrogen) atoms. The molecular formula is C22H28N6O2. The first-order valence-corrected chi connectivity index (χ1v) is 9.76. The average molecular weight is 409 g/mol. The third-order valence-electron chi connectivity index (χ3n) is 4.91. The number of nitrogens with two attached hydrogens (primary N) is 2. The van der Waals surface area contributed by atoms with Gasteiger partial charge in [-0.15, -0.1) is 0 Å². The van der Waals surface area contributed by atoms with Gasteiger partial charge < -0.3 is 4.74 Å². The third-order valence-corrected chi connectivity index (χ3v) is 4.91. The van der Waals surface area contributed by atoms with Crippen LogP contribution in [-0.4, -0.2) is 27.9 Å². The Bertz CT molecular complexity index is 1040. The molecule has 0 unspecified atom stereocenters. The fraction of sp³-hybridized carbons (Fsp3) is 0.273. The Morgan fingerprint density at radius 2 is 1.93 bits per heavy atom. The van der Waals surface area contributed by atoms with Crippen LogP contribution in [0.15, 0.2) is 48.7 Å². The number of ether oxygens (including phenoxy) is 1. The summed E-state index contributed by atoms with van der Waals surface area (Å²) < 4.78 is 7.96. The van der Waals surface area contributed by atoms with E-state index in [1.807, 2.05) is 68.0 Å². The fourth-order valence-electron chi connectivity index (χ4n) is 3.26. The zero-order valence-corrected chi connectivity index (χ0v) is 17.8. The summed E-state index contributed by atoms with van der Waals surface area (Å²) in [5.74, 6) is 12.4. The minimum Gasteiger partial charge on any atom is -0.489 e. The van der Waals surface area contributed by atoms with Gasteiger partial charge in [0.25, 0.3) is 0 Å². The van der Waals surface area contributed by atoms with E-state index >= 15 is 0 Å². The Labute approximate surface area is 176 Å². The summed E-state index contributed by atoms with van der Waals surface area (Å²) >= 11 is 0. The van der Waals surface area contributed by atoms with Crippen molar-refractivity contribution in [1.29, 1.82) is 0 Å². The lowest BCUT2D eigenvalue weighted by Gasteiger charge is -2.24. The molecule has 2 amide bonds. The van der Waals surface area contributed by atoms with Gasteiger partial charge in [0, 0.05) is 18.8 Å². The molecule has 158 valence electrons. The molecule has 3 aromatic rings. The van der Waals surface area contributed by atoms with Crippen molar-refractivity contribution in [2.45, 2.75) is 33.8 Å². The highest BCUT2D eigenvalue weighted by Gasteiger charge is 2.19. The van der Waals surface area contributed by atoms with E-state index in [1.165, 1.54) is 7.05 Å². The topological polar surface area (TPSA) is 103 Å². The number of amides is 2. The second-order valence-electron chi connectivity index (χ2n) is 7.17. The van der Waals surface area contributed by atoms with Crippen molar-refractivity contribution >= 4 is 11.7 Å². The number of hydrogen-bond donors (Lipinski definition) is 2. The first kappa shape index (κ1) is 21.4. The van der Waals surface area contributed by atoms with Crippen LogP contribution in [0.4, 0.5) is 10.5 Å². The van der Waals surface area contributed by atoms with Gasteiger partial charge in [-0.2, -0.15) is 5.10 Å². The van der Waals surface area contributed by atoms with E-state index in [0.717, 1.165) is 50.3 Å². The van der Waals surface area contributed by atoms with Crippen LogP contribution >= 0.6 is 0 Å². The molecule has 0 aliphatic heterocycles. The van der Waals surface area contributed by atoms with Crippen LogP contribution in [0.5, 0.6) is 5.75 Å². The number of carbonyl (C=O) groups excluding carboxylic acids is 1. The first-order chi connectivity index (χ1) is 14.3. The van der Waals surface area contributed by atoms with Gasteiger partial charge >= 0.3 is 6.03 Å². The Morgan fingerprint density at radius 3 is 2.53 bits per heavy atom. The molecule has 8 nitrogen and oxygen atoms in total. The van der Waals surface area contributed by atoms with E-state index in [0.29, 0.717) is 5.69 Å². The molecule has 4 N–H and O–H groups in total. The summed E-state index contributed by atoms with van der Waals surface area (Å²) in [5.41, 5.74) is 5.38. The molecule has 2 aromatic carbocycles. The molecular weight excluding hydrogens is 380 g/mol. The van der Waals surface area contributed by atoms with Crippen molar-refractivity contribution in [2.24, 2.45) is 11.7 Å². The maximum Gasteiger partial charge on any atom is 0.352 e. The van der Waals surface area contributed by atoms with E-state index in [4.69, 9.17) is 16.4 Å². The van der Waals surface area contributed by atoms with Crippen molar-refractivity contribution in [2.75, 3.05) is 12.1 Å². The van der Waals surface area contributed by atoms with Gasteiger partial charge in [-0.3, -0.25) is 5.01 Å². The zero-order chi connectivity index (χ0) is 21.8. The van der Waals surface area contributed by atoms with Crippen LogP contribution in [0, 0.1) is 13.8 Å². The molecule has 0 saturated heterocycles. The van der Waals surface area contributed by atoms with Crippen LogP contribution in [0.3, 0.4) is 0 Å². The maximum atomic E-state index is 12.3. The highest BCUT2D eigenvalue weighted by atomic mass is 16.5. The van der Waals surface area contributed by atoms with E-state index in [1.54, 1.807) is 6.07 Å². The molecule has 0 spiro atoms. The molecule has 0 aliphatic carbocycles. The second-order valence-corrected chi connectivity index (χ2v) is 7.17. The number of aromatic nitrogens is 2. The molecule has 0 radical (unpaired) electrons. The molecule has 0 atom stereocenters. The third kappa shape index (κ3) is 4.45. The van der Waals surface area contributed by atoms with E-state index < -0.39 is 6.03 Å². The summed E-state index contributed by atoms with van der Waals surface area (Å²) in [6.45, 7) is 6.27. The Kier molecular flexibility index (Phi) is 6.39. The molecule has 3 rings (SSSR count). The van der Waals surface area contributed by atoms with E-state index in [9.17, 15) is 4.79 Å². The van der Waals surface area contributed by atoms with E-state index in [2.05, 4.69) is 5.10 Å². The molecule has 0 aliphatic rings. The van der Waals surface area contributed by atoms with Crippen molar-refractivity contribution in [3.05, 3.63) is 71.0 Å². The minimum absolute atomic E-state index is 0.273. The highest BCUT2D eigenvalue weighted by Crippen LogP contribution is 2.27. The van der Waals surface area contributed by atoms with Crippen LogP contribution in [-0.2, 0) is 13.0 Å². The standard InChI is InChI=1S/C22H28N6O2/c1-5-17-7-6-8-20(28(24)22(29)26(4)23)19(17)14-30-21-10-9-18(13-15(21)2)27-12-11-16(3)25-27/h6-13H,5,14,23-24H2,1-4H3. The van der Waals surface area contributed by atoms with Crippen molar-refractivity contribution in [3.63, 3.8) is 0 Å². The number of hydrazine groups is 2. The van der Waals surface area contributed by atoms with Crippen LogP contribution in [0.25, 0.3) is 5.69 Å². The summed E-state index contributed by atoms with van der Waals surface area (Å²) in [6.07, 6.45) is 2.71. The second kappa shape index (κ2) is 8.98. The summed E-state index contributed by atoms with van der Waals surface area (Å²) in [4.78, 5) is 12.3. The smallest absolute Gasteiger partial charge is 0.352 e. The number of carbonyl (C=O) groups is 1. The van der Waals surface area contributed by atoms with Gasteiger partial charge in [0.2, 0.25) is 0 Å². The SMILES string of the molecule is CCc1cccc(N(N)C(=O)N(C)N)c1COc1ccc(-n2ccc(C)n2)cc1C. The highest BCUT2D eigenvalue weighted by molar-refractivity contribution is 5.91. The monoisotopic (exact) mass is 408 g/mol. The van der Waals surface area contributed by atoms with Crippen LogP contribution < -0.4 is 21.4 Å². The van der Waals surface area contributed by atoms with Crippen molar-refractivity contribution in [1.82, 2.24) is 14.8 Å². The van der Waals surface area contributed by atoms with E-state index in [-0.39, 0.29) is 6.61 Å². The molecule has 8 heteroatoms. The number of hydrogen-bond acceptors (Lipinski definition) is 5. The lowest BCUT2D eigenvalue weighted by atomic mass is 10.0. The van der Waals surface area contributed by atoms with Gasteiger partial charge in [-0.1, -0.05) is 19.1 Å². The largest absolute Gasteiger partial charge is 0.489 e. The number of aryl methyl sites for hydroxylation is 3. The summed E-state index contributed by atoms with van der Waals surface area (Å²) in [5, 5.41) is 6.44. The molecule has 1 aromatic heterocycles. The van der Waals surface area contributed by atoms with Gasteiger partial charge in [0.1, 0.15) is 12.4 Å². The number of benzene rings is 2. The molecule has 0 saturated carbocycles. The number of nitrogens with zero attached hydrogens (tertiary/aromatic N) is 4. The van der Waals surface area contributed by atoms with Crippen molar-refractivity contribution < 1.29 is 9.53 Å². The number of urea groups is 1. The quantitative estimate of drug-likeness (QED) is 0.370. The van der Waals surface area contributed by atoms with Gasteiger partial charge in [-0.25, -0.2) is 26.2 Å². The number of anilines is 1.